The molecule has 0 bridgehead atoms. The molecule has 0 unspecified atom stereocenters. The number of nitrogens with zero attached hydrogens (tertiary/aromatic N) is 2. The number of morpholine rings is 1. The summed E-state index contributed by atoms with van der Waals surface area (Å²) in [6.07, 6.45) is 1.20. The van der Waals surface area contributed by atoms with Crippen LogP contribution in [0.25, 0.3) is 0 Å². The van der Waals surface area contributed by atoms with E-state index in [2.05, 4.69) is 10.5 Å². The highest BCUT2D eigenvalue weighted by Gasteiger charge is 2.13. The second-order valence-electron chi connectivity index (χ2n) is 4.32. The lowest BCUT2D eigenvalue weighted by atomic mass is 10.2. The van der Waals surface area contributed by atoms with Crippen LogP contribution in [0.15, 0.2) is 23.3 Å². The minimum Gasteiger partial charge on any atom is -0.379 e. The van der Waals surface area contributed by atoms with E-state index < -0.39 is 5.82 Å². The molecule has 1 aromatic carbocycles. The van der Waals surface area contributed by atoms with Gasteiger partial charge in [0.25, 0.3) is 5.91 Å². The Kier molecular flexibility index (Phi) is 5.46. The Morgan fingerprint density at radius 1 is 1.50 bits per heavy atom. The number of carbonyl (C=O) groups excluding carboxylic acids is 1. The zero-order valence-electron chi connectivity index (χ0n) is 10.8. The predicted octanol–water partition coefficient (Wildman–Crippen LogP) is 1.26. The van der Waals surface area contributed by atoms with Crippen LogP contribution in [0.4, 0.5) is 4.39 Å². The second kappa shape index (κ2) is 7.33. The van der Waals surface area contributed by atoms with Gasteiger partial charge in [0, 0.05) is 18.7 Å². The van der Waals surface area contributed by atoms with Crippen molar-refractivity contribution < 1.29 is 13.9 Å². The van der Waals surface area contributed by atoms with Crippen LogP contribution in [0.1, 0.15) is 5.56 Å². The third-order valence-electron chi connectivity index (χ3n) is 2.85. The molecule has 2 rings (SSSR count). The summed E-state index contributed by atoms with van der Waals surface area (Å²) in [5.74, 6) is -0.737. The monoisotopic (exact) mass is 299 g/mol. The number of hydrogen-bond acceptors (Lipinski definition) is 4. The van der Waals surface area contributed by atoms with Gasteiger partial charge in [-0.3, -0.25) is 9.69 Å². The highest BCUT2D eigenvalue weighted by Crippen LogP contribution is 2.16. The molecule has 0 saturated carbocycles. The van der Waals surface area contributed by atoms with Gasteiger partial charge in [0.05, 0.1) is 31.0 Å². The van der Waals surface area contributed by atoms with Crippen molar-refractivity contribution in [3.63, 3.8) is 0 Å². The van der Waals surface area contributed by atoms with E-state index in [0.717, 1.165) is 13.1 Å². The number of nitrogens with one attached hydrogen (secondary N) is 1. The second-order valence-corrected chi connectivity index (χ2v) is 4.72. The molecular weight excluding hydrogens is 285 g/mol. The lowest BCUT2D eigenvalue weighted by Gasteiger charge is -2.25. The van der Waals surface area contributed by atoms with E-state index in [1.807, 2.05) is 4.90 Å². The first-order valence-electron chi connectivity index (χ1n) is 6.23. The Morgan fingerprint density at radius 3 is 2.95 bits per heavy atom. The van der Waals surface area contributed by atoms with Crippen molar-refractivity contribution in [3.05, 3.63) is 34.6 Å². The highest BCUT2D eigenvalue weighted by atomic mass is 35.5. The standard InChI is InChI=1S/C13H15ClFN3O2/c14-11-2-1-3-12(15)10(11)8-16-17-13(19)9-18-4-6-20-7-5-18/h1-3,8H,4-7,9H2,(H,17,19)/b16-8-. The van der Waals surface area contributed by atoms with E-state index in [1.165, 1.54) is 18.3 Å². The first-order chi connectivity index (χ1) is 9.66. The molecule has 1 heterocycles. The zero-order valence-corrected chi connectivity index (χ0v) is 11.6. The average molecular weight is 300 g/mol. The minimum absolute atomic E-state index is 0.154. The van der Waals surface area contributed by atoms with Crippen LogP contribution < -0.4 is 5.43 Å². The maximum atomic E-state index is 13.4. The number of hydrogen-bond donors (Lipinski definition) is 1. The van der Waals surface area contributed by atoms with E-state index in [0.29, 0.717) is 13.2 Å². The molecule has 5 nitrogen and oxygen atoms in total. The molecule has 0 radical (unpaired) electrons. The normalized spacial score (nSPS) is 16.5. The molecule has 0 atom stereocenters. The van der Waals surface area contributed by atoms with Crippen molar-refractivity contribution in [1.29, 1.82) is 0 Å². The van der Waals surface area contributed by atoms with Crippen molar-refractivity contribution >= 4 is 23.7 Å². The molecule has 20 heavy (non-hydrogen) atoms. The van der Waals surface area contributed by atoms with Crippen LogP contribution in [0, 0.1) is 5.82 Å². The lowest BCUT2D eigenvalue weighted by molar-refractivity contribution is -0.123. The molecular formula is C13H15ClFN3O2. The Labute approximate surface area is 121 Å². The van der Waals surface area contributed by atoms with Gasteiger partial charge in [0.1, 0.15) is 5.82 Å². The number of benzene rings is 1. The number of hydrazone groups is 1. The summed E-state index contributed by atoms with van der Waals surface area (Å²) >= 11 is 5.83. The minimum atomic E-state index is -0.483. The Balaban J connectivity index is 1.84. The summed E-state index contributed by atoms with van der Waals surface area (Å²) in [6.45, 7) is 2.93. The van der Waals surface area contributed by atoms with Gasteiger partial charge in [-0.15, -0.1) is 0 Å². The van der Waals surface area contributed by atoms with Crippen molar-refractivity contribution in [2.45, 2.75) is 0 Å². The fourth-order valence-electron chi connectivity index (χ4n) is 1.80. The lowest BCUT2D eigenvalue weighted by Crippen LogP contribution is -2.42. The summed E-state index contributed by atoms with van der Waals surface area (Å²) in [4.78, 5) is 13.6. The Bertz CT molecular complexity index is 484. The smallest absolute Gasteiger partial charge is 0.254 e. The van der Waals surface area contributed by atoms with Gasteiger partial charge in [0.2, 0.25) is 0 Å². The van der Waals surface area contributed by atoms with Gasteiger partial charge in [-0.2, -0.15) is 5.10 Å². The van der Waals surface area contributed by atoms with Crippen LogP contribution in [-0.4, -0.2) is 49.9 Å². The highest BCUT2D eigenvalue weighted by molar-refractivity contribution is 6.33. The number of amides is 1. The molecule has 0 aromatic heterocycles. The van der Waals surface area contributed by atoms with Crippen molar-refractivity contribution in [1.82, 2.24) is 10.3 Å². The molecule has 1 amide bonds. The maximum Gasteiger partial charge on any atom is 0.254 e. The zero-order chi connectivity index (χ0) is 14.4. The predicted molar refractivity (Wildman–Crippen MR) is 74.4 cm³/mol. The molecule has 108 valence electrons. The van der Waals surface area contributed by atoms with E-state index in [-0.39, 0.29) is 23.0 Å². The van der Waals surface area contributed by atoms with Crippen LogP contribution in [0.3, 0.4) is 0 Å². The van der Waals surface area contributed by atoms with E-state index in [9.17, 15) is 9.18 Å². The van der Waals surface area contributed by atoms with Crippen molar-refractivity contribution in [2.75, 3.05) is 32.8 Å². The molecule has 0 aliphatic carbocycles. The molecule has 1 aliphatic rings. The van der Waals surface area contributed by atoms with Gasteiger partial charge in [-0.05, 0) is 12.1 Å². The Hall–Kier alpha value is -1.50. The number of rotatable bonds is 4. The van der Waals surface area contributed by atoms with Crippen LogP contribution in [-0.2, 0) is 9.53 Å². The number of halogens is 2. The largest absolute Gasteiger partial charge is 0.379 e. The quantitative estimate of drug-likeness (QED) is 0.673. The van der Waals surface area contributed by atoms with Crippen LogP contribution in [0.2, 0.25) is 5.02 Å². The summed E-state index contributed by atoms with van der Waals surface area (Å²) in [6, 6.07) is 4.34. The van der Waals surface area contributed by atoms with Crippen molar-refractivity contribution in [3.8, 4) is 0 Å². The van der Waals surface area contributed by atoms with Crippen molar-refractivity contribution in [2.24, 2.45) is 5.10 Å². The van der Waals surface area contributed by atoms with Gasteiger partial charge in [0.15, 0.2) is 0 Å². The van der Waals surface area contributed by atoms with E-state index in [4.69, 9.17) is 16.3 Å². The van der Waals surface area contributed by atoms with Gasteiger partial charge in [-0.25, -0.2) is 9.82 Å². The van der Waals surface area contributed by atoms with Gasteiger partial charge < -0.3 is 4.74 Å². The molecule has 1 aromatic rings. The third kappa shape index (κ3) is 4.26. The summed E-state index contributed by atoms with van der Waals surface area (Å²) in [5.41, 5.74) is 2.51. The molecule has 1 aliphatic heterocycles. The van der Waals surface area contributed by atoms with Crippen LogP contribution >= 0.6 is 11.6 Å². The summed E-state index contributed by atoms with van der Waals surface area (Å²) in [5, 5.41) is 3.97. The number of carbonyl (C=O) groups is 1. The third-order valence-corrected chi connectivity index (χ3v) is 3.18. The summed E-state index contributed by atoms with van der Waals surface area (Å²) < 4.78 is 18.6. The van der Waals surface area contributed by atoms with Gasteiger partial charge in [-0.1, -0.05) is 17.7 Å². The fourth-order valence-corrected chi connectivity index (χ4v) is 2.01. The Morgan fingerprint density at radius 2 is 2.25 bits per heavy atom. The fraction of sp³-hybridized carbons (Fsp3) is 0.385. The molecule has 7 heteroatoms. The number of ether oxygens (including phenoxy) is 1. The van der Waals surface area contributed by atoms with Gasteiger partial charge >= 0.3 is 0 Å². The molecule has 1 saturated heterocycles. The maximum absolute atomic E-state index is 13.4. The SMILES string of the molecule is O=C(CN1CCOCC1)N/N=C\c1c(F)cccc1Cl. The topological polar surface area (TPSA) is 53.9 Å². The summed E-state index contributed by atoms with van der Waals surface area (Å²) in [7, 11) is 0. The first-order valence-corrected chi connectivity index (χ1v) is 6.60. The van der Waals surface area contributed by atoms with E-state index >= 15 is 0 Å². The molecule has 1 fully saturated rings. The molecule has 1 N–H and O–H groups in total. The average Bonchev–Trinajstić information content (AvgIpc) is 2.43. The molecule has 0 spiro atoms. The first kappa shape index (κ1) is 14.9. The van der Waals surface area contributed by atoms with Crippen LogP contribution in [0.5, 0.6) is 0 Å². The van der Waals surface area contributed by atoms with E-state index in [1.54, 1.807) is 6.07 Å².